The maximum Gasteiger partial charge on any atom is 0.259 e. The summed E-state index contributed by atoms with van der Waals surface area (Å²) in [4.78, 5) is 22.5. The van der Waals surface area contributed by atoms with Gasteiger partial charge in [-0.05, 0) is 25.0 Å². The third-order valence-electron chi connectivity index (χ3n) is 3.69. The Morgan fingerprint density at radius 2 is 2.38 bits per heavy atom. The van der Waals surface area contributed by atoms with Gasteiger partial charge >= 0.3 is 0 Å². The number of amides is 1. The van der Waals surface area contributed by atoms with Crippen LogP contribution in [0.25, 0.3) is 0 Å². The maximum atomic E-state index is 12.7. The number of hydrogen-bond donors (Lipinski definition) is 0. The van der Waals surface area contributed by atoms with Crippen molar-refractivity contribution in [3.63, 3.8) is 0 Å². The molecule has 0 radical (unpaired) electrons. The van der Waals surface area contributed by atoms with Crippen LogP contribution in [0.3, 0.4) is 0 Å². The van der Waals surface area contributed by atoms with Crippen molar-refractivity contribution >= 4 is 5.91 Å². The zero-order valence-electron chi connectivity index (χ0n) is 11.8. The first-order valence-electron chi connectivity index (χ1n) is 6.92. The highest BCUT2D eigenvalue weighted by Gasteiger charge is 2.27. The van der Waals surface area contributed by atoms with Crippen molar-refractivity contribution in [1.29, 1.82) is 0 Å². The van der Waals surface area contributed by atoms with Crippen molar-refractivity contribution in [2.75, 3.05) is 20.2 Å². The Kier molecular flexibility index (Phi) is 3.81. The predicted octanol–water partition coefficient (Wildman–Crippen LogP) is 1.16. The summed E-state index contributed by atoms with van der Waals surface area (Å²) < 4.78 is 6.99. The Morgan fingerprint density at radius 3 is 3.14 bits per heavy atom. The SMILES string of the molecule is COc1ncccc1C(=O)N1CCC[C@@H](n2cncn2)C1. The van der Waals surface area contributed by atoms with Crippen LogP contribution in [-0.2, 0) is 0 Å². The number of piperidine rings is 1. The van der Waals surface area contributed by atoms with E-state index in [0.29, 0.717) is 18.0 Å². The van der Waals surface area contributed by atoms with Gasteiger partial charge in [-0.25, -0.2) is 14.6 Å². The second-order valence-corrected chi connectivity index (χ2v) is 4.98. The van der Waals surface area contributed by atoms with Gasteiger partial charge in [0.25, 0.3) is 5.91 Å². The summed E-state index contributed by atoms with van der Waals surface area (Å²) in [6.45, 7) is 1.36. The number of aromatic nitrogens is 4. The van der Waals surface area contributed by atoms with Gasteiger partial charge in [-0.15, -0.1) is 0 Å². The molecule has 3 rings (SSSR count). The standard InChI is InChI=1S/C14H17N5O2/c1-21-13-12(5-2-6-16-13)14(20)18-7-3-4-11(8-18)19-10-15-9-17-19/h2,5-6,9-11H,3-4,7-8H2,1H3/t11-/m1/s1. The van der Waals surface area contributed by atoms with Gasteiger partial charge in [0.05, 0.1) is 13.2 Å². The van der Waals surface area contributed by atoms with Crippen LogP contribution >= 0.6 is 0 Å². The van der Waals surface area contributed by atoms with Crippen LogP contribution in [0, 0.1) is 0 Å². The van der Waals surface area contributed by atoms with E-state index in [-0.39, 0.29) is 11.9 Å². The molecule has 0 spiro atoms. The molecule has 0 aliphatic carbocycles. The Morgan fingerprint density at radius 1 is 1.48 bits per heavy atom. The number of ether oxygens (including phenoxy) is 1. The molecule has 1 amide bonds. The molecule has 7 heteroatoms. The Balaban J connectivity index is 1.78. The summed E-state index contributed by atoms with van der Waals surface area (Å²) in [5.74, 6) is 0.315. The molecule has 1 aliphatic rings. The number of methoxy groups -OCH3 is 1. The second kappa shape index (κ2) is 5.90. The Labute approximate surface area is 122 Å². The molecule has 0 unspecified atom stereocenters. The lowest BCUT2D eigenvalue weighted by Gasteiger charge is -2.32. The summed E-state index contributed by atoms with van der Waals surface area (Å²) >= 11 is 0. The third-order valence-corrected chi connectivity index (χ3v) is 3.69. The predicted molar refractivity (Wildman–Crippen MR) is 75.0 cm³/mol. The first-order valence-corrected chi connectivity index (χ1v) is 6.92. The van der Waals surface area contributed by atoms with E-state index in [4.69, 9.17) is 4.74 Å². The fourth-order valence-corrected chi connectivity index (χ4v) is 2.65. The zero-order chi connectivity index (χ0) is 14.7. The summed E-state index contributed by atoms with van der Waals surface area (Å²) in [6, 6.07) is 3.66. The van der Waals surface area contributed by atoms with Gasteiger partial charge in [0.2, 0.25) is 5.88 Å². The van der Waals surface area contributed by atoms with E-state index >= 15 is 0 Å². The highest BCUT2D eigenvalue weighted by Crippen LogP contribution is 2.24. The molecular formula is C14H17N5O2. The zero-order valence-corrected chi connectivity index (χ0v) is 11.8. The fourth-order valence-electron chi connectivity index (χ4n) is 2.65. The summed E-state index contributed by atoms with van der Waals surface area (Å²) in [5, 5.41) is 4.17. The van der Waals surface area contributed by atoms with Crippen molar-refractivity contribution in [1.82, 2.24) is 24.6 Å². The van der Waals surface area contributed by atoms with Gasteiger partial charge in [0.1, 0.15) is 18.2 Å². The van der Waals surface area contributed by atoms with Crippen LogP contribution in [0.5, 0.6) is 5.88 Å². The van der Waals surface area contributed by atoms with E-state index in [1.165, 1.54) is 13.4 Å². The summed E-state index contributed by atoms with van der Waals surface area (Å²) in [7, 11) is 1.52. The number of likely N-dealkylation sites (tertiary alicyclic amines) is 1. The third kappa shape index (κ3) is 2.72. The largest absolute Gasteiger partial charge is 0.480 e. The van der Waals surface area contributed by atoms with Crippen LogP contribution in [0.15, 0.2) is 31.0 Å². The van der Waals surface area contributed by atoms with E-state index in [1.54, 1.807) is 24.7 Å². The normalized spacial score (nSPS) is 18.5. The van der Waals surface area contributed by atoms with Gasteiger partial charge in [0, 0.05) is 19.3 Å². The molecule has 1 atom stereocenters. The molecule has 1 fully saturated rings. The fraction of sp³-hybridized carbons (Fsp3) is 0.429. The Hall–Kier alpha value is -2.44. The van der Waals surface area contributed by atoms with Gasteiger partial charge in [0.15, 0.2) is 0 Å². The lowest BCUT2D eigenvalue weighted by atomic mass is 10.0. The van der Waals surface area contributed by atoms with Gasteiger partial charge in [-0.3, -0.25) is 4.79 Å². The van der Waals surface area contributed by atoms with Crippen molar-refractivity contribution in [2.45, 2.75) is 18.9 Å². The minimum absolute atomic E-state index is 0.0511. The Bertz CT molecular complexity index is 614. The summed E-state index contributed by atoms with van der Waals surface area (Å²) in [5.41, 5.74) is 0.499. The average molecular weight is 287 g/mol. The molecule has 0 saturated carbocycles. The van der Waals surface area contributed by atoms with Crippen molar-refractivity contribution in [3.05, 3.63) is 36.5 Å². The smallest absolute Gasteiger partial charge is 0.259 e. The topological polar surface area (TPSA) is 73.1 Å². The van der Waals surface area contributed by atoms with Crippen LogP contribution in [-0.4, -0.2) is 50.8 Å². The average Bonchev–Trinajstić information content (AvgIpc) is 3.09. The minimum atomic E-state index is -0.0511. The van der Waals surface area contributed by atoms with E-state index in [2.05, 4.69) is 15.1 Å². The van der Waals surface area contributed by atoms with Crippen molar-refractivity contribution in [3.8, 4) is 5.88 Å². The van der Waals surface area contributed by atoms with Crippen LogP contribution in [0.1, 0.15) is 29.2 Å². The molecule has 7 nitrogen and oxygen atoms in total. The number of rotatable bonds is 3. The number of nitrogens with zero attached hydrogens (tertiary/aromatic N) is 5. The molecule has 2 aromatic heterocycles. The van der Waals surface area contributed by atoms with E-state index < -0.39 is 0 Å². The second-order valence-electron chi connectivity index (χ2n) is 4.98. The minimum Gasteiger partial charge on any atom is -0.480 e. The van der Waals surface area contributed by atoms with Crippen LogP contribution in [0.2, 0.25) is 0 Å². The monoisotopic (exact) mass is 287 g/mol. The van der Waals surface area contributed by atoms with E-state index in [1.807, 2.05) is 9.58 Å². The van der Waals surface area contributed by atoms with Crippen molar-refractivity contribution in [2.24, 2.45) is 0 Å². The first-order chi connectivity index (χ1) is 10.3. The maximum absolute atomic E-state index is 12.7. The van der Waals surface area contributed by atoms with Gasteiger partial charge < -0.3 is 9.64 Å². The molecule has 0 bridgehead atoms. The number of hydrogen-bond acceptors (Lipinski definition) is 5. The molecular weight excluding hydrogens is 270 g/mol. The molecule has 21 heavy (non-hydrogen) atoms. The van der Waals surface area contributed by atoms with Gasteiger partial charge in [-0.2, -0.15) is 5.10 Å². The lowest BCUT2D eigenvalue weighted by molar-refractivity contribution is 0.0668. The number of carbonyl (C=O) groups excluding carboxylic acids is 1. The van der Waals surface area contributed by atoms with Crippen LogP contribution in [0.4, 0.5) is 0 Å². The summed E-state index contributed by atoms with van der Waals surface area (Å²) in [6.07, 6.45) is 6.77. The molecule has 0 aromatic carbocycles. The molecule has 1 aliphatic heterocycles. The van der Waals surface area contributed by atoms with Gasteiger partial charge in [-0.1, -0.05) is 0 Å². The lowest BCUT2D eigenvalue weighted by Crippen LogP contribution is -2.41. The molecule has 0 N–H and O–H groups in total. The van der Waals surface area contributed by atoms with E-state index in [0.717, 1.165) is 19.4 Å². The molecule has 1 saturated heterocycles. The molecule has 110 valence electrons. The first kappa shape index (κ1) is 13.5. The highest BCUT2D eigenvalue weighted by molar-refractivity contribution is 5.96. The molecule has 2 aromatic rings. The quantitative estimate of drug-likeness (QED) is 0.847. The number of pyridine rings is 1. The van der Waals surface area contributed by atoms with Crippen LogP contribution < -0.4 is 4.74 Å². The molecule has 3 heterocycles. The van der Waals surface area contributed by atoms with Crippen molar-refractivity contribution < 1.29 is 9.53 Å². The number of carbonyl (C=O) groups is 1. The highest BCUT2D eigenvalue weighted by atomic mass is 16.5. The van der Waals surface area contributed by atoms with E-state index in [9.17, 15) is 4.79 Å².